The standard InChI is InChI=1S/C14H14O3/c1-11(15)17-14(2,3)10-9-13(16)12-7-5-4-6-8-12/h4-8H,1-3H3. The number of rotatable bonds is 2. The lowest BCUT2D eigenvalue weighted by Crippen LogP contribution is -2.24. The highest BCUT2D eigenvalue weighted by molar-refractivity contribution is 6.09. The molecule has 0 aromatic heterocycles. The normalized spacial score (nSPS) is 10.1. The first kappa shape index (κ1) is 13.0. The lowest BCUT2D eigenvalue weighted by atomic mass is 10.1. The van der Waals surface area contributed by atoms with E-state index in [4.69, 9.17) is 4.74 Å². The average Bonchev–Trinajstić information content (AvgIpc) is 2.25. The molecule has 17 heavy (non-hydrogen) atoms. The molecular formula is C14H14O3. The van der Waals surface area contributed by atoms with Crippen molar-refractivity contribution in [3.63, 3.8) is 0 Å². The summed E-state index contributed by atoms with van der Waals surface area (Å²) in [4.78, 5) is 22.5. The summed E-state index contributed by atoms with van der Waals surface area (Å²) >= 11 is 0. The van der Waals surface area contributed by atoms with Gasteiger partial charge in [-0.2, -0.15) is 0 Å². The third-order valence-corrected chi connectivity index (χ3v) is 1.91. The highest BCUT2D eigenvalue weighted by Crippen LogP contribution is 2.07. The van der Waals surface area contributed by atoms with E-state index in [2.05, 4.69) is 11.8 Å². The van der Waals surface area contributed by atoms with E-state index in [9.17, 15) is 9.59 Å². The molecule has 0 saturated carbocycles. The van der Waals surface area contributed by atoms with Crippen LogP contribution in [-0.4, -0.2) is 17.4 Å². The maximum Gasteiger partial charge on any atom is 0.304 e. The quantitative estimate of drug-likeness (QED) is 0.338. The summed E-state index contributed by atoms with van der Waals surface area (Å²) < 4.78 is 4.96. The van der Waals surface area contributed by atoms with Crippen LogP contribution < -0.4 is 0 Å². The largest absolute Gasteiger partial charge is 0.447 e. The molecule has 3 nitrogen and oxygen atoms in total. The number of carbonyl (C=O) groups excluding carboxylic acids is 2. The Morgan fingerprint density at radius 1 is 1.18 bits per heavy atom. The Kier molecular flexibility index (Phi) is 4.06. The van der Waals surface area contributed by atoms with Crippen LogP contribution in [0.2, 0.25) is 0 Å². The highest BCUT2D eigenvalue weighted by atomic mass is 16.6. The second-order valence-electron chi connectivity index (χ2n) is 4.05. The van der Waals surface area contributed by atoms with Gasteiger partial charge in [-0.05, 0) is 25.7 Å². The summed E-state index contributed by atoms with van der Waals surface area (Å²) in [5.74, 6) is 4.42. The number of benzene rings is 1. The first-order valence-electron chi connectivity index (χ1n) is 5.23. The van der Waals surface area contributed by atoms with Gasteiger partial charge in [0.25, 0.3) is 0 Å². The maximum atomic E-state index is 11.7. The zero-order chi connectivity index (χ0) is 12.9. The van der Waals surface area contributed by atoms with Crippen molar-refractivity contribution in [2.45, 2.75) is 26.4 Å². The number of Topliss-reactive ketones (excluding diaryl/α,β-unsaturated/α-hetero) is 1. The van der Waals surface area contributed by atoms with Crippen molar-refractivity contribution in [1.29, 1.82) is 0 Å². The molecule has 0 radical (unpaired) electrons. The minimum atomic E-state index is -0.948. The van der Waals surface area contributed by atoms with Crippen LogP contribution in [0.1, 0.15) is 31.1 Å². The van der Waals surface area contributed by atoms with Gasteiger partial charge < -0.3 is 4.74 Å². The lowest BCUT2D eigenvalue weighted by Gasteiger charge is -2.16. The molecule has 0 heterocycles. The molecule has 0 aliphatic carbocycles. The Hall–Kier alpha value is -2.08. The van der Waals surface area contributed by atoms with Crippen LogP contribution >= 0.6 is 0 Å². The Morgan fingerprint density at radius 3 is 2.29 bits per heavy atom. The Labute approximate surface area is 101 Å². The molecular weight excluding hydrogens is 216 g/mol. The van der Waals surface area contributed by atoms with Gasteiger partial charge in [-0.25, -0.2) is 0 Å². The van der Waals surface area contributed by atoms with E-state index in [1.165, 1.54) is 6.92 Å². The zero-order valence-electron chi connectivity index (χ0n) is 10.1. The van der Waals surface area contributed by atoms with E-state index in [1.807, 2.05) is 6.07 Å². The smallest absolute Gasteiger partial charge is 0.304 e. The fraction of sp³-hybridized carbons (Fsp3) is 0.286. The summed E-state index contributed by atoms with van der Waals surface area (Å²) in [6, 6.07) is 8.75. The predicted octanol–water partition coefficient (Wildman–Crippen LogP) is 2.21. The van der Waals surface area contributed by atoms with E-state index in [0.29, 0.717) is 5.56 Å². The van der Waals surface area contributed by atoms with E-state index in [1.54, 1.807) is 38.1 Å². The van der Waals surface area contributed by atoms with Crippen molar-refractivity contribution in [1.82, 2.24) is 0 Å². The number of carbonyl (C=O) groups is 2. The van der Waals surface area contributed by atoms with Crippen molar-refractivity contribution in [2.75, 3.05) is 0 Å². The number of hydrogen-bond donors (Lipinski definition) is 0. The zero-order valence-corrected chi connectivity index (χ0v) is 10.1. The number of esters is 1. The summed E-state index contributed by atoms with van der Waals surface area (Å²) in [7, 11) is 0. The van der Waals surface area contributed by atoms with Gasteiger partial charge in [0.2, 0.25) is 5.78 Å². The van der Waals surface area contributed by atoms with Crippen LogP contribution in [0.15, 0.2) is 30.3 Å². The van der Waals surface area contributed by atoms with Crippen molar-refractivity contribution < 1.29 is 14.3 Å². The van der Waals surface area contributed by atoms with E-state index in [0.717, 1.165) is 0 Å². The fourth-order valence-electron chi connectivity index (χ4n) is 1.25. The average molecular weight is 230 g/mol. The van der Waals surface area contributed by atoms with Crippen LogP contribution in [0.5, 0.6) is 0 Å². The van der Waals surface area contributed by atoms with Gasteiger partial charge in [0.15, 0.2) is 5.60 Å². The van der Waals surface area contributed by atoms with Crippen LogP contribution in [0.3, 0.4) is 0 Å². The summed E-state index contributed by atoms with van der Waals surface area (Å²) in [5, 5.41) is 0. The molecule has 0 N–H and O–H groups in total. The number of ether oxygens (including phenoxy) is 1. The van der Waals surface area contributed by atoms with Crippen molar-refractivity contribution in [3.05, 3.63) is 35.9 Å². The van der Waals surface area contributed by atoms with E-state index in [-0.39, 0.29) is 5.78 Å². The van der Waals surface area contributed by atoms with Gasteiger partial charge in [0, 0.05) is 12.5 Å². The van der Waals surface area contributed by atoms with Gasteiger partial charge in [0.1, 0.15) is 0 Å². The first-order chi connectivity index (χ1) is 7.91. The molecule has 0 bridgehead atoms. The van der Waals surface area contributed by atoms with Gasteiger partial charge in [-0.3, -0.25) is 9.59 Å². The van der Waals surface area contributed by atoms with Crippen LogP contribution in [0, 0.1) is 11.8 Å². The molecule has 0 spiro atoms. The molecule has 0 amide bonds. The van der Waals surface area contributed by atoms with Gasteiger partial charge >= 0.3 is 5.97 Å². The predicted molar refractivity (Wildman–Crippen MR) is 64.4 cm³/mol. The SMILES string of the molecule is CC(=O)OC(C)(C)C#CC(=O)c1ccccc1. The molecule has 0 saturated heterocycles. The Morgan fingerprint density at radius 2 is 1.76 bits per heavy atom. The monoisotopic (exact) mass is 230 g/mol. The van der Waals surface area contributed by atoms with E-state index < -0.39 is 11.6 Å². The lowest BCUT2D eigenvalue weighted by molar-refractivity contribution is -0.148. The molecule has 88 valence electrons. The molecule has 0 unspecified atom stereocenters. The van der Waals surface area contributed by atoms with Gasteiger partial charge in [0.05, 0.1) is 0 Å². The topological polar surface area (TPSA) is 43.4 Å². The maximum absolute atomic E-state index is 11.7. The molecule has 1 rings (SSSR count). The molecule has 0 fully saturated rings. The molecule has 0 aliphatic heterocycles. The molecule has 1 aromatic rings. The third kappa shape index (κ3) is 4.52. The van der Waals surface area contributed by atoms with Crippen molar-refractivity contribution in [3.8, 4) is 11.8 Å². The summed E-state index contributed by atoms with van der Waals surface area (Å²) in [5.41, 5.74) is -0.422. The highest BCUT2D eigenvalue weighted by Gasteiger charge is 2.17. The molecule has 3 heteroatoms. The van der Waals surface area contributed by atoms with Crippen LogP contribution in [0.25, 0.3) is 0 Å². The van der Waals surface area contributed by atoms with Crippen LogP contribution in [-0.2, 0) is 9.53 Å². The Balaban J connectivity index is 2.79. The van der Waals surface area contributed by atoms with Crippen LogP contribution in [0.4, 0.5) is 0 Å². The van der Waals surface area contributed by atoms with Crippen molar-refractivity contribution >= 4 is 11.8 Å². The van der Waals surface area contributed by atoms with Gasteiger partial charge in [-0.1, -0.05) is 30.3 Å². The fourth-order valence-corrected chi connectivity index (χ4v) is 1.25. The number of ketones is 1. The van der Waals surface area contributed by atoms with E-state index >= 15 is 0 Å². The van der Waals surface area contributed by atoms with Crippen molar-refractivity contribution in [2.24, 2.45) is 0 Å². The second kappa shape index (κ2) is 5.31. The number of hydrogen-bond acceptors (Lipinski definition) is 3. The summed E-state index contributed by atoms with van der Waals surface area (Å²) in [6.45, 7) is 4.59. The minimum Gasteiger partial charge on any atom is -0.447 e. The molecule has 0 aliphatic rings. The molecule has 1 aromatic carbocycles. The third-order valence-electron chi connectivity index (χ3n) is 1.91. The Bertz CT molecular complexity index is 475. The second-order valence-corrected chi connectivity index (χ2v) is 4.05. The molecule has 0 atom stereocenters. The van der Waals surface area contributed by atoms with Gasteiger partial charge in [-0.15, -0.1) is 0 Å². The minimum absolute atomic E-state index is 0.286. The first-order valence-corrected chi connectivity index (χ1v) is 5.23. The summed E-state index contributed by atoms with van der Waals surface area (Å²) in [6.07, 6.45) is 0.